The van der Waals surface area contributed by atoms with Crippen LogP contribution in [0.25, 0.3) is 0 Å². The van der Waals surface area contributed by atoms with Gasteiger partial charge in [-0.3, -0.25) is 0 Å². The molecule has 2 aromatic carbocycles. The molecule has 0 N–H and O–H groups in total. The normalized spacial score (nSPS) is 15.1. The van der Waals surface area contributed by atoms with Crippen LogP contribution in [-0.2, 0) is 19.9 Å². The predicted molar refractivity (Wildman–Crippen MR) is 84.3 cm³/mol. The molecule has 2 aromatic rings. The van der Waals surface area contributed by atoms with E-state index >= 15 is 0 Å². The van der Waals surface area contributed by atoms with E-state index in [1.165, 1.54) is 36.4 Å². The highest BCUT2D eigenvalue weighted by atomic mass is 35.5. The van der Waals surface area contributed by atoms with Gasteiger partial charge in [0.05, 0.1) is 4.90 Å². The van der Waals surface area contributed by atoms with Crippen LogP contribution in [0.1, 0.15) is 18.1 Å². The van der Waals surface area contributed by atoms with E-state index in [9.17, 15) is 21.6 Å². The summed E-state index contributed by atoms with van der Waals surface area (Å²) in [6.07, 6.45) is -4.98. The first-order chi connectivity index (χ1) is 11.0. The van der Waals surface area contributed by atoms with E-state index in [1.807, 2.05) is 0 Å². The van der Waals surface area contributed by atoms with Gasteiger partial charge in [0.2, 0.25) is 5.60 Å². The maximum Gasteiger partial charge on any atom is 0.422 e. The molecule has 24 heavy (non-hydrogen) atoms. The highest BCUT2D eigenvalue weighted by Crippen LogP contribution is 2.44. The summed E-state index contributed by atoms with van der Waals surface area (Å²) < 4.78 is 70.1. The Morgan fingerprint density at radius 2 is 1.62 bits per heavy atom. The topological polar surface area (TPSA) is 43.4 Å². The number of rotatable bonds is 4. The van der Waals surface area contributed by atoms with Crippen LogP contribution in [0.4, 0.5) is 13.2 Å². The third-order valence-electron chi connectivity index (χ3n) is 3.50. The second-order valence-corrected chi connectivity index (χ2v) is 7.37. The van der Waals surface area contributed by atoms with Crippen molar-refractivity contribution in [1.29, 1.82) is 0 Å². The number of hydrogen-bond acceptors (Lipinski definition) is 3. The van der Waals surface area contributed by atoms with E-state index in [0.717, 1.165) is 17.7 Å². The molecule has 0 fully saturated rings. The van der Waals surface area contributed by atoms with E-state index in [2.05, 4.69) is 4.18 Å². The Hall–Kier alpha value is -1.57. The summed E-state index contributed by atoms with van der Waals surface area (Å²) in [6, 6.07) is 10.2. The fourth-order valence-corrected chi connectivity index (χ4v) is 3.40. The summed E-state index contributed by atoms with van der Waals surface area (Å²) >= 11 is 5.73. The second-order valence-electron chi connectivity index (χ2n) is 5.39. The lowest BCUT2D eigenvalue weighted by Crippen LogP contribution is -2.43. The molecule has 0 spiro atoms. The molecular weight excluding hydrogens is 365 g/mol. The third-order valence-corrected chi connectivity index (χ3v) is 5.14. The van der Waals surface area contributed by atoms with E-state index in [4.69, 9.17) is 11.6 Å². The van der Waals surface area contributed by atoms with Gasteiger partial charge in [0.15, 0.2) is 0 Å². The highest BCUT2D eigenvalue weighted by molar-refractivity contribution is 7.86. The number of benzene rings is 2. The average molecular weight is 379 g/mol. The summed E-state index contributed by atoms with van der Waals surface area (Å²) in [5, 5.41) is 0.0410. The Kier molecular flexibility index (Phi) is 4.99. The average Bonchev–Trinajstić information content (AvgIpc) is 2.46. The van der Waals surface area contributed by atoms with Crippen LogP contribution in [0.2, 0.25) is 5.02 Å². The fourth-order valence-electron chi connectivity index (χ4n) is 2.02. The summed E-state index contributed by atoms with van der Waals surface area (Å²) in [4.78, 5) is -0.356. The molecule has 0 heterocycles. The number of hydrogen-bond donors (Lipinski definition) is 0. The molecule has 2 rings (SSSR count). The summed E-state index contributed by atoms with van der Waals surface area (Å²) in [5.74, 6) is 0. The minimum Gasteiger partial charge on any atom is -0.245 e. The van der Waals surface area contributed by atoms with E-state index in [-0.39, 0.29) is 9.92 Å². The molecule has 0 bridgehead atoms. The Morgan fingerprint density at radius 1 is 1.04 bits per heavy atom. The van der Waals surface area contributed by atoms with Crippen molar-refractivity contribution in [2.24, 2.45) is 0 Å². The van der Waals surface area contributed by atoms with Gasteiger partial charge in [-0.25, -0.2) is 4.18 Å². The van der Waals surface area contributed by atoms with Gasteiger partial charge in [0, 0.05) is 5.02 Å². The number of aryl methyl sites for hydroxylation is 1. The minimum absolute atomic E-state index is 0.0410. The van der Waals surface area contributed by atoms with Gasteiger partial charge in [0.1, 0.15) is 0 Å². The molecule has 8 heteroatoms. The van der Waals surface area contributed by atoms with Crippen LogP contribution in [0, 0.1) is 6.92 Å². The zero-order valence-electron chi connectivity index (χ0n) is 12.8. The van der Waals surface area contributed by atoms with Gasteiger partial charge in [-0.15, -0.1) is 0 Å². The van der Waals surface area contributed by atoms with Crippen molar-refractivity contribution < 1.29 is 25.8 Å². The largest absolute Gasteiger partial charge is 0.422 e. The van der Waals surface area contributed by atoms with Gasteiger partial charge in [0.25, 0.3) is 10.1 Å². The molecule has 130 valence electrons. The molecule has 0 saturated heterocycles. The summed E-state index contributed by atoms with van der Waals surface area (Å²) in [7, 11) is -4.64. The van der Waals surface area contributed by atoms with Crippen molar-refractivity contribution >= 4 is 21.7 Å². The van der Waals surface area contributed by atoms with Crippen molar-refractivity contribution in [3.8, 4) is 0 Å². The quantitative estimate of drug-likeness (QED) is 0.715. The minimum atomic E-state index is -4.98. The van der Waals surface area contributed by atoms with Crippen LogP contribution < -0.4 is 0 Å². The molecule has 0 aliphatic carbocycles. The van der Waals surface area contributed by atoms with E-state index in [0.29, 0.717) is 6.92 Å². The Labute approximate surface area is 143 Å². The zero-order chi connectivity index (χ0) is 18.2. The Morgan fingerprint density at radius 3 is 2.12 bits per heavy atom. The van der Waals surface area contributed by atoms with Crippen molar-refractivity contribution in [2.75, 3.05) is 0 Å². The predicted octanol–water partition coefficient (Wildman–Crippen LogP) is 4.83. The highest BCUT2D eigenvalue weighted by Gasteiger charge is 2.56. The van der Waals surface area contributed by atoms with Crippen LogP contribution in [0.15, 0.2) is 53.4 Å². The lowest BCUT2D eigenvalue weighted by Gasteiger charge is -2.31. The zero-order valence-corrected chi connectivity index (χ0v) is 14.3. The van der Waals surface area contributed by atoms with Gasteiger partial charge in [-0.05, 0) is 43.7 Å². The smallest absolute Gasteiger partial charge is 0.245 e. The molecule has 0 amide bonds. The van der Waals surface area contributed by atoms with Gasteiger partial charge < -0.3 is 0 Å². The molecule has 3 nitrogen and oxygen atoms in total. The van der Waals surface area contributed by atoms with Crippen molar-refractivity contribution in [1.82, 2.24) is 0 Å². The molecular formula is C16H14ClF3O3S. The number of halogens is 4. The van der Waals surface area contributed by atoms with E-state index < -0.39 is 27.5 Å². The SMILES string of the molecule is Cc1ccc(S(=O)(=O)OC(C)(c2cccc(Cl)c2)C(F)(F)F)cc1. The van der Waals surface area contributed by atoms with Crippen LogP contribution in [0.5, 0.6) is 0 Å². The molecule has 0 radical (unpaired) electrons. The fraction of sp³-hybridized carbons (Fsp3) is 0.250. The molecule has 1 unspecified atom stereocenters. The molecule has 0 aliphatic heterocycles. The maximum atomic E-state index is 13.6. The lowest BCUT2D eigenvalue weighted by atomic mass is 9.95. The van der Waals surface area contributed by atoms with Crippen LogP contribution in [0.3, 0.4) is 0 Å². The molecule has 0 aliphatic rings. The van der Waals surface area contributed by atoms with Crippen molar-refractivity contribution in [3.63, 3.8) is 0 Å². The molecule has 0 saturated carbocycles. The first-order valence-corrected chi connectivity index (χ1v) is 8.59. The third kappa shape index (κ3) is 3.74. The molecule has 0 aromatic heterocycles. The first-order valence-electron chi connectivity index (χ1n) is 6.81. The van der Waals surface area contributed by atoms with Gasteiger partial charge in [-0.1, -0.05) is 41.4 Å². The van der Waals surface area contributed by atoms with Gasteiger partial charge >= 0.3 is 6.18 Å². The van der Waals surface area contributed by atoms with Crippen LogP contribution in [-0.4, -0.2) is 14.6 Å². The summed E-state index contributed by atoms with van der Waals surface area (Å²) in [5.41, 5.74) is -2.71. The monoisotopic (exact) mass is 378 g/mol. The van der Waals surface area contributed by atoms with Crippen molar-refractivity contribution in [3.05, 3.63) is 64.7 Å². The summed E-state index contributed by atoms with van der Waals surface area (Å²) in [6.45, 7) is 2.38. The maximum absolute atomic E-state index is 13.6. The number of alkyl halides is 3. The van der Waals surface area contributed by atoms with E-state index in [1.54, 1.807) is 6.92 Å². The Bertz CT molecular complexity index is 832. The lowest BCUT2D eigenvalue weighted by molar-refractivity contribution is -0.246. The standard InChI is InChI=1S/C16H14ClF3O3S/c1-11-6-8-14(9-7-11)24(21,22)23-15(2,16(18,19)20)12-4-3-5-13(17)10-12/h3-10H,1-2H3. The molecule has 1 atom stereocenters. The van der Waals surface area contributed by atoms with Crippen molar-refractivity contribution in [2.45, 2.75) is 30.5 Å². The second kappa shape index (κ2) is 6.38. The Balaban J connectivity index is 2.52. The van der Waals surface area contributed by atoms with Crippen LogP contribution >= 0.6 is 11.6 Å². The van der Waals surface area contributed by atoms with Gasteiger partial charge in [-0.2, -0.15) is 21.6 Å². The first kappa shape index (κ1) is 18.8.